The van der Waals surface area contributed by atoms with Crippen molar-refractivity contribution in [3.05, 3.63) is 59.2 Å². The molecule has 1 aliphatic carbocycles. The van der Waals surface area contributed by atoms with Gasteiger partial charge in [-0.2, -0.15) is 0 Å². The summed E-state index contributed by atoms with van der Waals surface area (Å²) in [6.07, 6.45) is 8.53. The van der Waals surface area contributed by atoms with E-state index in [4.69, 9.17) is 4.74 Å². The summed E-state index contributed by atoms with van der Waals surface area (Å²) >= 11 is 0. The minimum atomic E-state index is -0.861. The summed E-state index contributed by atoms with van der Waals surface area (Å²) in [4.78, 5) is 17.1. The lowest BCUT2D eigenvalue weighted by atomic mass is 9.95. The summed E-state index contributed by atoms with van der Waals surface area (Å²) in [6, 6.07) is 8.56. The standard InChI is InChI=1S/C25H33FN2O2/c1-30-25-24-5-3-2-4-21(24)17-28(25)16-20-12-14-27(15-13-20)18-23(29)11-8-19-6-9-22(26)10-7-19/h2-7,9,20,22,25H,8,10-18H2,1H3. The maximum Gasteiger partial charge on any atom is 0.147 e. The molecule has 2 unspecified atom stereocenters. The number of ketones is 1. The first-order chi connectivity index (χ1) is 14.6. The molecule has 5 heteroatoms. The second kappa shape index (κ2) is 9.99. The number of hydrogen-bond donors (Lipinski definition) is 0. The molecular weight excluding hydrogens is 379 g/mol. The summed E-state index contributed by atoms with van der Waals surface area (Å²) in [5.41, 5.74) is 3.76. The smallest absolute Gasteiger partial charge is 0.147 e. The zero-order chi connectivity index (χ0) is 20.9. The zero-order valence-corrected chi connectivity index (χ0v) is 17.9. The van der Waals surface area contributed by atoms with Crippen LogP contribution < -0.4 is 0 Å². The Labute approximate surface area is 179 Å². The number of Topliss-reactive ketones (excluding diaryl/α,β-unsaturated/α-hetero) is 1. The molecule has 0 radical (unpaired) electrons. The summed E-state index contributed by atoms with van der Waals surface area (Å²) in [6.45, 7) is 4.53. The lowest BCUT2D eigenvalue weighted by Crippen LogP contribution is -2.40. The van der Waals surface area contributed by atoms with Gasteiger partial charge in [-0.3, -0.25) is 14.6 Å². The van der Waals surface area contributed by atoms with Crippen molar-refractivity contribution in [2.75, 3.05) is 33.3 Å². The van der Waals surface area contributed by atoms with Gasteiger partial charge in [0.1, 0.15) is 18.2 Å². The minimum Gasteiger partial charge on any atom is -0.362 e. The van der Waals surface area contributed by atoms with Gasteiger partial charge in [0.15, 0.2) is 0 Å². The minimum absolute atomic E-state index is 0.0663. The van der Waals surface area contributed by atoms with Gasteiger partial charge in [0.25, 0.3) is 0 Å². The van der Waals surface area contributed by atoms with Crippen molar-refractivity contribution in [2.45, 2.75) is 51.0 Å². The van der Waals surface area contributed by atoms with Gasteiger partial charge in [-0.25, -0.2) is 4.39 Å². The number of piperidine rings is 1. The highest BCUT2D eigenvalue weighted by atomic mass is 19.1. The predicted octanol–water partition coefficient (Wildman–Crippen LogP) is 4.43. The lowest BCUT2D eigenvalue weighted by Gasteiger charge is -2.35. The number of likely N-dealkylation sites (tertiary alicyclic amines) is 1. The summed E-state index contributed by atoms with van der Waals surface area (Å²) in [5, 5.41) is 0. The Morgan fingerprint density at radius 3 is 2.77 bits per heavy atom. The zero-order valence-electron chi connectivity index (χ0n) is 17.9. The molecule has 1 fully saturated rings. The fourth-order valence-electron chi connectivity index (χ4n) is 4.95. The van der Waals surface area contributed by atoms with Crippen LogP contribution in [0.2, 0.25) is 0 Å². The molecule has 3 aliphatic rings. The first-order valence-electron chi connectivity index (χ1n) is 11.2. The Morgan fingerprint density at radius 2 is 2.03 bits per heavy atom. The molecule has 1 saturated heterocycles. The van der Waals surface area contributed by atoms with Crippen LogP contribution in [0.4, 0.5) is 4.39 Å². The number of carbonyl (C=O) groups is 1. The van der Waals surface area contributed by atoms with Crippen LogP contribution >= 0.6 is 0 Å². The average Bonchev–Trinajstić information content (AvgIpc) is 3.11. The van der Waals surface area contributed by atoms with Crippen molar-refractivity contribution in [1.82, 2.24) is 9.80 Å². The van der Waals surface area contributed by atoms with Crippen LogP contribution in [0, 0.1) is 5.92 Å². The van der Waals surface area contributed by atoms with Crippen LogP contribution in [0.1, 0.15) is 49.5 Å². The lowest BCUT2D eigenvalue weighted by molar-refractivity contribution is -0.120. The highest BCUT2D eigenvalue weighted by molar-refractivity contribution is 5.80. The molecule has 0 N–H and O–H groups in total. The van der Waals surface area contributed by atoms with Gasteiger partial charge in [-0.15, -0.1) is 0 Å². The quantitative estimate of drug-likeness (QED) is 0.632. The molecule has 0 bridgehead atoms. The summed E-state index contributed by atoms with van der Waals surface area (Å²) < 4.78 is 18.9. The molecule has 162 valence electrons. The van der Waals surface area contributed by atoms with Crippen LogP contribution in [-0.4, -0.2) is 55.0 Å². The molecule has 4 rings (SSSR count). The maximum atomic E-state index is 13.1. The van der Waals surface area contributed by atoms with Crippen molar-refractivity contribution in [2.24, 2.45) is 5.92 Å². The number of halogens is 1. The normalized spacial score (nSPS) is 25.3. The largest absolute Gasteiger partial charge is 0.362 e. The van der Waals surface area contributed by atoms with Crippen molar-refractivity contribution in [3.63, 3.8) is 0 Å². The first kappa shape index (κ1) is 21.4. The number of carbonyl (C=O) groups excluding carboxylic acids is 1. The van der Waals surface area contributed by atoms with Gasteiger partial charge >= 0.3 is 0 Å². The monoisotopic (exact) mass is 412 g/mol. The summed E-state index contributed by atoms with van der Waals surface area (Å²) in [7, 11) is 1.79. The van der Waals surface area contributed by atoms with E-state index in [1.165, 1.54) is 11.1 Å². The Kier molecular flexibility index (Phi) is 7.13. The van der Waals surface area contributed by atoms with Gasteiger partial charge in [0.2, 0.25) is 0 Å². The maximum absolute atomic E-state index is 13.1. The van der Waals surface area contributed by atoms with E-state index in [1.807, 2.05) is 12.2 Å². The number of hydrogen-bond acceptors (Lipinski definition) is 4. The molecule has 2 heterocycles. The third kappa shape index (κ3) is 5.26. The van der Waals surface area contributed by atoms with E-state index < -0.39 is 6.17 Å². The van der Waals surface area contributed by atoms with E-state index in [0.29, 0.717) is 31.1 Å². The SMILES string of the molecule is COC1c2ccccc2CN1CC1CCN(CC(=O)CCC2=CCC(F)C=C2)CC1. The number of alkyl halides is 1. The van der Waals surface area contributed by atoms with E-state index in [-0.39, 0.29) is 6.23 Å². The second-order valence-corrected chi connectivity index (χ2v) is 8.86. The summed E-state index contributed by atoms with van der Waals surface area (Å²) in [5.74, 6) is 0.939. The van der Waals surface area contributed by atoms with Crippen LogP contribution in [-0.2, 0) is 16.1 Å². The molecule has 0 saturated carbocycles. The van der Waals surface area contributed by atoms with Crippen LogP contribution in [0.15, 0.2) is 48.1 Å². The topological polar surface area (TPSA) is 32.8 Å². The average molecular weight is 413 g/mol. The van der Waals surface area contributed by atoms with Crippen molar-refractivity contribution in [1.29, 1.82) is 0 Å². The Morgan fingerprint density at radius 1 is 1.23 bits per heavy atom. The highest BCUT2D eigenvalue weighted by Crippen LogP contribution is 2.35. The van der Waals surface area contributed by atoms with E-state index in [9.17, 15) is 9.18 Å². The highest BCUT2D eigenvalue weighted by Gasteiger charge is 2.32. The third-order valence-corrected chi connectivity index (χ3v) is 6.67. The van der Waals surface area contributed by atoms with Gasteiger partial charge in [0, 0.05) is 38.6 Å². The number of allylic oxidation sites excluding steroid dienone is 4. The second-order valence-electron chi connectivity index (χ2n) is 8.86. The van der Waals surface area contributed by atoms with Crippen molar-refractivity contribution >= 4 is 5.78 Å². The number of benzene rings is 1. The Hall–Kier alpha value is -1.82. The molecule has 0 spiro atoms. The number of nitrogens with zero attached hydrogens (tertiary/aromatic N) is 2. The van der Waals surface area contributed by atoms with Gasteiger partial charge in [-0.1, -0.05) is 48.1 Å². The van der Waals surface area contributed by atoms with E-state index in [1.54, 1.807) is 13.2 Å². The number of fused-ring (bicyclic) bond motifs is 1. The molecule has 1 aromatic rings. The Balaban J connectivity index is 1.18. The predicted molar refractivity (Wildman–Crippen MR) is 117 cm³/mol. The van der Waals surface area contributed by atoms with Crippen LogP contribution in [0.25, 0.3) is 0 Å². The molecule has 0 aromatic heterocycles. The molecule has 1 aromatic carbocycles. The molecule has 2 atom stereocenters. The molecule has 30 heavy (non-hydrogen) atoms. The van der Waals surface area contributed by atoms with E-state index >= 15 is 0 Å². The van der Waals surface area contributed by atoms with E-state index in [2.05, 4.69) is 34.1 Å². The number of ether oxygens (including phenoxy) is 1. The fourth-order valence-corrected chi connectivity index (χ4v) is 4.95. The van der Waals surface area contributed by atoms with Crippen LogP contribution in [0.5, 0.6) is 0 Å². The fraction of sp³-hybridized carbons (Fsp3) is 0.560. The van der Waals surface area contributed by atoms with Crippen LogP contribution in [0.3, 0.4) is 0 Å². The first-order valence-corrected chi connectivity index (χ1v) is 11.2. The molecular formula is C25H33FN2O2. The molecule has 0 amide bonds. The third-order valence-electron chi connectivity index (χ3n) is 6.67. The number of methoxy groups -OCH3 is 1. The van der Waals surface area contributed by atoms with E-state index in [0.717, 1.165) is 51.0 Å². The molecule has 4 nitrogen and oxygen atoms in total. The number of rotatable bonds is 8. The van der Waals surface area contributed by atoms with Gasteiger partial charge < -0.3 is 4.74 Å². The molecule has 2 aliphatic heterocycles. The van der Waals surface area contributed by atoms with Gasteiger partial charge in [0.05, 0.1) is 6.54 Å². The Bertz CT molecular complexity index is 798. The van der Waals surface area contributed by atoms with Gasteiger partial charge in [-0.05, 0) is 43.8 Å². The van der Waals surface area contributed by atoms with Crippen molar-refractivity contribution < 1.29 is 13.9 Å². The van der Waals surface area contributed by atoms with Crippen molar-refractivity contribution in [3.8, 4) is 0 Å².